The van der Waals surface area contributed by atoms with Crippen LogP contribution >= 0.6 is 0 Å². The molecule has 0 aliphatic rings. The van der Waals surface area contributed by atoms with Crippen molar-refractivity contribution in [1.29, 1.82) is 0 Å². The van der Waals surface area contributed by atoms with E-state index in [4.69, 9.17) is 4.98 Å². The summed E-state index contributed by atoms with van der Waals surface area (Å²) in [6, 6.07) is 21.2. The van der Waals surface area contributed by atoms with Crippen LogP contribution in [0.2, 0.25) is 0 Å². The van der Waals surface area contributed by atoms with Crippen molar-refractivity contribution >= 4 is 49.4 Å². The van der Waals surface area contributed by atoms with Crippen LogP contribution in [0.4, 0.5) is 0 Å². The zero-order valence-electron chi connectivity index (χ0n) is 11.7. The van der Waals surface area contributed by atoms with Crippen LogP contribution in [0.3, 0.4) is 0 Å². The van der Waals surface area contributed by atoms with E-state index in [0.717, 1.165) is 16.7 Å². The molecule has 0 spiro atoms. The predicted octanol–water partition coefficient (Wildman–Crippen LogP) is 4.71. The van der Waals surface area contributed by atoms with Gasteiger partial charge in [-0.05, 0) is 30.3 Å². The summed E-state index contributed by atoms with van der Waals surface area (Å²) in [6.07, 6.45) is 0. The van der Waals surface area contributed by atoms with Gasteiger partial charge in [0.05, 0.1) is 16.6 Å². The van der Waals surface area contributed by atoms with Crippen LogP contribution in [-0.2, 0) is 0 Å². The molecule has 0 saturated heterocycles. The van der Waals surface area contributed by atoms with E-state index in [1.165, 1.54) is 32.7 Å². The Bertz CT molecular complexity index is 1320. The van der Waals surface area contributed by atoms with E-state index >= 15 is 0 Å². The molecule has 1 N–H and O–H groups in total. The minimum atomic E-state index is 1.03. The Labute approximate surface area is 125 Å². The Morgan fingerprint density at radius 1 is 0.727 bits per heavy atom. The zero-order valence-corrected chi connectivity index (χ0v) is 11.7. The van der Waals surface area contributed by atoms with E-state index in [1.54, 1.807) is 0 Å². The molecule has 0 aliphatic heterocycles. The fraction of sp³-hybridized carbons (Fsp3) is 0. The number of nitrogens with zero attached hydrogens (tertiary/aromatic N) is 2. The Balaban J connectivity index is 2.14. The van der Waals surface area contributed by atoms with Crippen LogP contribution in [0.5, 0.6) is 0 Å². The number of rotatable bonds is 0. The molecule has 22 heavy (non-hydrogen) atoms. The molecule has 3 nitrogen and oxygen atoms in total. The molecule has 6 rings (SSSR count). The number of H-pyrrole nitrogens is 1. The first-order valence-electron chi connectivity index (χ1n) is 7.43. The third kappa shape index (κ3) is 1.05. The van der Waals surface area contributed by atoms with Crippen molar-refractivity contribution in [2.45, 2.75) is 0 Å². The summed E-state index contributed by atoms with van der Waals surface area (Å²) in [5, 5.41) is 3.79. The number of aromatic amines is 1. The Kier molecular flexibility index (Phi) is 1.64. The second kappa shape index (κ2) is 3.39. The lowest BCUT2D eigenvalue weighted by Crippen LogP contribution is -1.90. The van der Waals surface area contributed by atoms with Gasteiger partial charge in [0.2, 0.25) is 0 Å². The molecular formula is C19H11N3. The summed E-state index contributed by atoms with van der Waals surface area (Å²) in [7, 11) is 0. The van der Waals surface area contributed by atoms with Gasteiger partial charge in [-0.15, -0.1) is 0 Å². The molecule has 0 fully saturated rings. The maximum atomic E-state index is 4.89. The lowest BCUT2D eigenvalue weighted by Gasteiger charge is -2.06. The topological polar surface area (TPSA) is 33.1 Å². The van der Waals surface area contributed by atoms with Gasteiger partial charge < -0.3 is 4.98 Å². The number of hydrogen-bond donors (Lipinski definition) is 1. The first-order valence-corrected chi connectivity index (χ1v) is 7.43. The van der Waals surface area contributed by atoms with Gasteiger partial charge in [-0.25, -0.2) is 4.98 Å². The number of para-hydroxylation sites is 2. The highest BCUT2D eigenvalue weighted by molar-refractivity contribution is 6.26. The number of hydrogen-bond acceptors (Lipinski definition) is 1. The number of benzene rings is 3. The minimum absolute atomic E-state index is 1.03. The molecule has 0 bridgehead atoms. The molecule has 3 heterocycles. The smallest absolute Gasteiger partial charge is 0.146 e. The summed E-state index contributed by atoms with van der Waals surface area (Å²) in [6.45, 7) is 0. The van der Waals surface area contributed by atoms with Crippen molar-refractivity contribution < 1.29 is 0 Å². The maximum Gasteiger partial charge on any atom is 0.146 e. The van der Waals surface area contributed by atoms with Crippen LogP contribution < -0.4 is 0 Å². The SMILES string of the molecule is c1ccc2c(c1)nc1c3cccc4[nH]c5cccc(c5c43)n21. The fourth-order valence-corrected chi connectivity index (χ4v) is 3.80. The van der Waals surface area contributed by atoms with Crippen molar-refractivity contribution in [2.24, 2.45) is 0 Å². The molecule has 0 saturated carbocycles. The molecule has 3 heteroatoms. The van der Waals surface area contributed by atoms with Gasteiger partial charge >= 0.3 is 0 Å². The minimum Gasteiger partial charge on any atom is -0.354 e. The number of aromatic nitrogens is 3. The molecule has 0 radical (unpaired) electrons. The quantitative estimate of drug-likeness (QED) is 0.402. The molecule has 0 atom stereocenters. The van der Waals surface area contributed by atoms with Crippen LogP contribution in [0.1, 0.15) is 0 Å². The van der Waals surface area contributed by atoms with Gasteiger partial charge in [-0.1, -0.05) is 30.3 Å². The molecule has 3 aromatic heterocycles. The first kappa shape index (κ1) is 10.6. The molecule has 0 unspecified atom stereocenters. The molecule has 0 aliphatic carbocycles. The standard InChI is InChI=1S/C19H11N3/c1-2-9-15-12(6-1)21-19-11-5-3-7-13-17(11)18-14(20-13)8-4-10-16(18)22(15)19/h1-10,20H. The predicted molar refractivity (Wildman–Crippen MR) is 90.8 cm³/mol. The van der Waals surface area contributed by atoms with Gasteiger partial charge in [-0.3, -0.25) is 4.40 Å². The van der Waals surface area contributed by atoms with E-state index < -0.39 is 0 Å². The summed E-state index contributed by atoms with van der Waals surface area (Å²) < 4.78 is 2.28. The third-order valence-electron chi connectivity index (χ3n) is 4.67. The van der Waals surface area contributed by atoms with Crippen LogP contribution in [-0.4, -0.2) is 14.4 Å². The van der Waals surface area contributed by atoms with Gasteiger partial charge in [0.25, 0.3) is 0 Å². The molecule has 0 amide bonds. The average Bonchev–Trinajstić information content (AvgIpc) is 3.13. The van der Waals surface area contributed by atoms with Crippen molar-refractivity contribution in [1.82, 2.24) is 14.4 Å². The lowest BCUT2D eigenvalue weighted by atomic mass is 10.1. The average molecular weight is 281 g/mol. The second-order valence-electron chi connectivity index (χ2n) is 5.81. The Hall–Kier alpha value is -3.07. The van der Waals surface area contributed by atoms with Gasteiger partial charge in [0, 0.05) is 27.2 Å². The van der Waals surface area contributed by atoms with Gasteiger partial charge in [0.1, 0.15) is 5.65 Å². The Morgan fingerprint density at radius 2 is 1.50 bits per heavy atom. The molecule has 102 valence electrons. The van der Waals surface area contributed by atoms with Crippen LogP contribution in [0.15, 0.2) is 60.7 Å². The van der Waals surface area contributed by atoms with Gasteiger partial charge in [0.15, 0.2) is 0 Å². The van der Waals surface area contributed by atoms with Crippen molar-refractivity contribution in [2.75, 3.05) is 0 Å². The van der Waals surface area contributed by atoms with E-state index in [0.29, 0.717) is 0 Å². The highest BCUT2D eigenvalue weighted by Crippen LogP contribution is 2.37. The summed E-state index contributed by atoms with van der Waals surface area (Å²) >= 11 is 0. The number of imidazole rings is 1. The van der Waals surface area contributed by atoms with Crippen LogP contribution in [0, 0.1) is 0 Å². The van der Waals surface area contributed by atoms with Crippen molar-refractivity contribution in [3.05, 3.63) is 60.7 Å². The highest BCUT2D eigenvalue weighted by Gasteiger charge is 2.17. The molecular weight excluding hydrogens is 270 g/mol. The summed E-state index contributed by atoms with van der Waals surface area (Å²) in [5.74, 6) is 0. The van der Waals surface area contributed by atoms with E-state index in [1.807, 2.05) is 6.07 Å². The van der Waals surface area contributed by atoms with E-state index in [9.17, 15) is 0 Å². The number of fused-ring (bicyclic) bond motifs is 5. The maximum absolute atomic E-state index is 4.89. The summed E-state index contributed by atoms with van der Waals surface area (Å²) in [5.41, 5.74) is 6.81. The second-order valence-corrected chi connectivity index (χ2v) is 5.81. The van der Waals surface area contributed by atoms with Gasteiger partial charge in [-0.2, -0.15) is 0 Å². The number of pyridine rings is 1. The van der Waals surface area contributed by atoms with Crippen LogP contribution in [0.25, 0.3) is 49.4 Å². The highest BCUT2D eigenvalue weighted by atomic mass is 15.0. The monoisotopic (exact) mass is 281 g/mol. The van der Waals surface area contributed by atoms with Crippen molar-refractivity contribution in [3.63, 3.8) is 0 Å². The van der Waals surface area contributed by atoms with Crippen molar-refractivity contribution in [3.8, 4) is 0 Å². The fourth-order valence-electron chi connectivity index (χ4n) is 3.80. The number of nitrogens with one attached hydrogen (secondary N) is 1. The zero-order chi connectivity index (χ0) is 14.3. The largest absolute Gasteiger partial charge is 0.354 e. The van der Waals surface area contributed by atoms with E-state index in [-0.39, 0.29) is 0 Å². The third-order valence-corrected chi connectivity index (χ3v) is 4.67. The first-order chi connectivity index (χ1) is 10.9. The van der Waals surface area contributed by atoms with E-state index in [2.05, 4.69) is 64.0 Å². The Morgan fingerprint density at radius 3 is 2.45 bits per heavy atom. The normalized spacial score (nSPS) is 12.5. The molecule has 3 aromatic carbocycles. The molecule has 6 aromatic rings. The summed E-state index contributed by atoms with van der Waals surface area (Å²) in [4.78, 5) is 8.42. The lowest BCUT2D eigenvalue weighted by molar-refractivity contribution is 1.32.